The zero-order valence-corrected chi connectivity index (χ0v) is 15.7. The van der Waals surface area contributed by atoms with Gasteiger partial charge in [-0.05, 0) is 12.1 Å². The Balaban J connectivity index is 1.63. The van der Waals surface area contributed by atoms with Crippen molar-refractivity contribution in [3.63, 3.8) is 0 Å². The van der Waals surface area contributed by atoms with Crippen molar-refractivity contribution in [2.75, 3.05) is 26.7 Å². The first kappa shape index (κ1) is 18.2. The van der Waals surface area contributed by atoms with Crippen LogP contribution in [0, 0.1) is 0 Å². The number of fused-ring (bicyclic) bond motifs is 1. The number of nitrogens with zero attached hydrogens (tertiary/aromatic N) is 3. The lowest BCUT2D eigenvalue weighted by molar-refractivity contribution is -0.135. The van der Waals surface area contributed by atoms with Crippen molar-refractivity contribution in [3.8, 4) is 5.75 Å². The van der Waals surface area contributed by atoms with Gasteiger partial charge in [0.15, 0.2) is 0 Å². The molecule has 1 unspecified atom stereocenters. The van der Waals surface area contributed by atoms with Crippen molar-refractivity contribution in [1.29, 1.82) is 0 Å². The average molecular weight is 378 g/mol. The summed E-state index contributed by atoms with van der Waals surface area (Å²) in [5, 5.41) is 8.86. The minimum absolute atomic E-state index is 0.0880. The third-order valence-electron chi connectivity index (χ3n) is 5.11. The van der Waals surface area contributed by atoms with Crippen LogP contribution in [-0.2, 0) is 11.3 Å². The summed E-state index contributed by atoms with van der Waals surface area (Å²) in [6, 6.07) is 14.8. The summed E-state index contributed by atoms with van der Waals surface area (Å²) in [7, 11) is 1.62. The second-order valence-electron chi connectivity index (χ2n) is 6.74. The molecule has 1 atom stereocenters. The molecule has 1 N–H and O–H groups in total. The fourth-order valence-corrected chi connectivity index (χ4v) is 3.68. The second-order valence-corrected chi connectivity index (χ2v) is 6.74. The van der Waals surface area contributed by atoms with E-state index < -0.39 is 0 Å². The van der Waals surface area contributed by atoms with Crippen molar-refractivity contribution in [3.05, 3.63) is 70.6 Å². The third kappa shape index (κ3) is 3.36. The molecule has 4 rings (SSSR count). The highest BCUT2D eigenvalue weighted by Gasteiger charge is 2.30. The number of amides is 1. The molecule has 1 saturated heterocycles. The van der Waals surface area contributed by atoms with E-state index in [1.165, 1.54) is 4.68 Å². The lowest BCUT2D eigenvalue weighted by Gasteiger charge is -2.37. The highest BCUT2D eigenvalue weighted by atomic mass is 16.5. The van der Waals surface area contributed by atoms with Crippen LogP contribution in [0.25, 0.3) is 10.8 Å². The van der Waals surface area contributed by atoms with E-state index in [1.54, 1.807) is 24.3 Å². The van der Waals surface area contributed by atoms with Crippen molar-refractivity contribution in [2.45, 2.75) is 12.6 Å². The molecule has 1 aliphatic rings. The van der Waals surface area contributed by atoms with Gasteiger partial charge in [-0.1, -0.05) is 36.4 Å². The van der Waals surface area contributed by atoms with Gasteiger partial charge in [-0.15, -0.1) is 0 Å². The van der Waals surface area contributed by atoms with Gasteiger partial charge in [-0.3, -0.25) is 9.59 Å². The molecule has 0 saturated carbocycles. The maximum atomic E-state index is 13.1. The minimum atomic E-state index is -0.254. The van der Waals surface area contributed by atoms with Crippen LogP contribution in [0.5, 0.6) is 5.75 Å². The van der Waals surface area contributed by atoms with Crippen LogP contribution in [0.2, 0.25) is 0 Å². The number of para-hydroxylation sites is 1. The van der Waals surface area contributed by atoms with Gasteiger partial charge in [0, 0.05) is 30.6 Å². The Labute approximate surface area is 162 Å². The van der Waals surface area contributed by atoms with Crippen molar-refractivity contribution >= 4 is 16.7 Å². The maximum absolute atomic E-state index is 13.1. The molecule has 0 aliphatic carbocycles. The molecule has 0 spiro atoms. The monoisotopic (exact) mass is 378 g/mol. The molecule has 0 bridgehead atoms. The molecule has 2 heterocycles. The van der Waals surface area contributed by atoms with Gasteiger partial charge in [-0.2, -0.15) is 5.10 Å². The van der Waals surface area contributed by atoms with E-state index in [0.29, 0.717) is 25.0 Å². The van der Waals surface area contributed by atoms with E-state index in [4.69, 9.17) is 4.74 Å². The van der Waals surface area contributed by atoms with E-state index in [2.05, 4.69) is 10.4 Å². The molecular weight excluding hydrogens is 356 g/mol. The summed E-state index contributed by atoms with van der Waals surface area (Å²) in [5.41, 5.74) is 0.694. The van der Waals surface area contributed by atoms with Crippen molar-refractivity contribution < 1.29 is 9.53 Å². The lowest BCUT2D eigenvalue weighted by Crippen LogP contribution is -2.50. The Hall–Kier alpha value is -3.19. The number of hydrogen-bond donors (Lipinski definition) is 1. The number of methoxy groups -OCH3 is 1. The summed E-state index contributed by atoms with van der Waals surface area (Å²) >= 11 is 0. The van der Waals surface area contributed by atoms with Crippen LogP contribution in [0.3, 0.4) is 0 Å². The Morgan fingerprint density at radius 2 is 2.00 bits per heavy atom. The highest BCUT2D eigenvalue weighted by Crippen LogP contribution is 2.30. The lowest BCUT2D eigenvalue weighted by atomic mass is 10.0. The van der Waals surface area contributed by atoms with Gasteiger partial charge in [0.2, 0.25) is 5.91 Å². The van der Waals surface area contributed by atoms with E-state index in [0.717, 1.165) is 16.7 Å². The average Bonchev–Trinajstić information content (AvgIpc) is 2.75. The first-order valence-electron chi connectivity index (χ1n) is 9.27. The summed E-state index contributed by atoms with van der Waals surface area (Å²) in [6.07, 6.45) is 1.62. The van der Waals surface area contributed by atoms with Crippen LogP contribution in [0.1, 0.15) is 11.6 Å². The van der Waals surface area contributed by atoms with Crippen molar-refractivity contribution in [2.24, 2.45) is 0 Å². The molecule has 3 aromatic rings. The van der Waals surface area contributed by atoms with Crippen LogP contribution in [0.15, 0.2) is 59.5 Å². The Morgan fingerprint density at radius 3 is 2.86 bits per heavy atom. The van der Waals surface area contributed by atoms with E-state index >= 15 is 0 Å². The third-order valence-corrected chi connectivity index (χ3v) is 5.11. The number of rotatable bonds is 4. The van der Waals surface area contributed by atoms with E-state index in [-0.39, 0.29) is 24.1 Å². The molecular formula is C21H22N4O3. The SMILES string of the molecule is COc1ccccc1C1CNCCN1C(=O)Cn1ncc2ccccc2c1=O. The molecule has 28 heavy (non-hydrogen) atoms. The summed E-state index contributed by atoms with van der Waals surface area (Å²) in [6.45, 7) is 1.81. The summed E-state index contributed by atoms with van der Waals surface area (Å²) in [5.74, 6) is 0.609. The Bertz CT molecular complexity index is 1060. The van der Waals surface area contributed by atoms with Crippen LogP contribution >= 0.6 is 0 Å². The van der Waals surface area contributed by atoms with Gasteiger partial charge in [0.25, 0.3) is 5.56 Å². The Kier molecular flexibility index (Phi) is 5.08. The van der Waals surface area contributed by atoms with Crippen molar-refractivity contribution in [1.82, 2.24) is 20.0 Å². The minimum Gasteiger partial charge on any atom is -0.496 e. The first-order chi connectivity index (χ1) is 13.7. The Morgan fingerprint density at radius 1 is 1.21 bits per heavy atom. The van der Waals surface area contributed by atoms with Crippen LogP contribution < -0.4 is 15.6 Å². The van der Waals surface area contributed by atoms with Crippen LogP contribution in [-0.4, -0.2) is 47.3 Å². The van der Waals surface area contributed by atoms with Gasteiger partial charge in [0.05, 0.1) is 24.7 Å². The summed E-state index contributed by atoms with van der Waals surface area (Å²) < 4.78 is 6.72. The van der Waals surface area contributed by atoms with Gasteiger partial charge in [0.1, 0.15) is 12.3 Å². The predicted molar refractivity (Wildman–Crippen MR) is 106 cm³/mol. The standard InChI is InChI=1S/C21H22N4O3/c1-28-19-9-5-4-8-17(19)18-13-22-10-11-24(18)20(26)14-25-21(27)16-7-3-2-6-15(16)12-23-25/h2-9,12,18,22H,10-11,13-14H2,1H3. The van der Waals surface area contributed by atoms with Gasteiger partial charge >= 0.3 is 0 Å². The molecule has 7 nitrogen and oxygen atoms in total. The smallest absolute Gasteiger partial charge is 0.275 e. The number of aromatic nitrogens is 2. The van der Waals surface area contributed by atoms with E-state index in [1.807, 2.05) is 42.5 Å². The van der Waals surface area contributed by atoms with Gasteiger partial charge in [-0.25, -0.2) is 4.68 Å². The van der Waals surface area contributed by atoms with E-state index in [9.17, 15) is 9.59 Å². The molecule has 2 aromatic carbocycles. The molecule has 1 fully saturated rings. The molecule has 1 aliphatic heterocycles. The topological polar surface area (TPSA) is 76.5 Å². The second kappa shape index (κ2) is 7.82. The zero-order chi connectivity index (χ0) is 19.5. The van der Waals surface area contributed by atoms with Crippen LogP contribution in [0.4, 0.5) is 0 Å². The molecule has 1 aromatic heterocycles. The number of carbonyl (C=O) groups is 1. The number of ether oxygens (including phenoxy) is 1. The predicted octanol–water partition coefficient (Wildman–Crippen LogP) is 1.58. The maximum Gasteiger partial charge on any atom is 0.275 e. The summed E-state index contributed by atoms with van der Waals surface area (Å²) in [4.78, 5) is 27.6. The zero-order valence-electron chi connectivity index (χ0n) is 15.7. The fourth-order valence-electron chi connectivity index (χ4n) is 3.68. The molecule has 1 amide bonds. The number of carbonyl (C=O) groups excluding carboxylic acids is 1. The molecule has 0 radical (unpaired) electrons. The fraction of sp³-hybridized carbons (Fsp3) is 0.286. The highest BCUT2D eigenvalue weighted by molar-refractivity contribution is 5.81. The van der Waals surface area contributed by atoms with Gasteiger partial charge < -0.3 is 15.0 Å². The largest absolute Gasteiger partial charge is 0.496 e. The first-order valence-corrected chi connectivity index (χ1v) is 9.27. The molecule has 144 valence electrons. The normalized spacial score (nSPS) is 16.9. The number of piperazine rings is 1. The number of benzene rings is 2. The number of hydrogen-bond acceptors (Lipinski definition) is 5. The number of nitrogens with one attached hydrogen (secondary N) is 1. The molecule has 7 heteroatoms. The quantitative estimate of drug-likeness (QED) is 0.746.